The van der Waals surface area contributed by atoms with Crippen LogP contribution in [0.5, 0.6) is 0 Å². The van der Waals surface area contributed by atoms with Crippen molar-refractivity contribution in [3.63, 3.8) is 0 Å². The van der Waals surface area contributed by atoms with Crippen LogP contribution in [-0.2, 0) is 20.0 Å². The average molecular weight is 298 g/mol. The van der Waals surface area contributed by atoms with E-state index in [1.165, 1.54) is 10.4 Å². The van der Waals surface area contributed by atoms with E-state index in [1.807, 2.05) is 11.6 Å². The molecule has 0 radical (unpaired) electrons. The lowest BCUT2D eigenvalue weighted by Crippen LogP contribution is -2.23. The van der Waals surface area contributed by atoms with Gasteiger partial charge in [-0.3, -0.25) is 0 Å². The molecular formula is C16H18N4S. The van der Waals surface area contributed by atoms with E-state index >= 15 is 0 Å². The molecule has 0 bridgehead atoms. The van der Waals surface area contributed by atoms with Crippen LogP contribution >= 0.6 is 11.3 Å². The van der Waals surface area contributed by atoms with E-state index in [4.69, 9.17) is 0 Å². The van der Waals surface area contributed by atoms with E-state index in [0.717, 1.165) is 12.2 Å². The smallest absolute Gasteiger partial charge is 0.146 e. The van der Waals surface area contributed by atoms with Gasteiger partial charge in [0.1, 0.15) is 12.2 Å². The molecule has 5 heteroatoms. The molecular weight excluding hydrogens is 280 g/mol. The van der Waals surface area contributed by atoms with Gasteiger partial charge in [0.25, 0.3) is 0 Å². The zero-order valence-corrected chi connectivity index (χ0v) is 12.8. The van der Waals surface area contributed by atoms with Crippen molar-refractivity contribution in [2.24, 2.45) is 7.05 Å². The number of thiophene rings is 1. The van der Waals surface area contributed by atoms with E-state index in [0.29, 0.717) is 12.6 Å². The van der Waals surface area contributed by atoms with Crippen molar-refractivity contribution in [2.45, 2.75) is 19.0 Å². The van der Waals surface area contributed by atoms with Crippen molar-refractivity contribution in [1.82, 2.24) is 20.1 Å². The highest BCUT2D eigenvalue weighted by molar-refractivity contribution is 7.10. The summed E-state index contributed by atoms with van der Waals surface area (Å²) in [5.41, 5.74) is 1.33. The van der Waals surface area contributed by atoms with Crippen LogP contribution in [-0.4, -0.2) is 14.8 Å². The van der Waals surface area contributed by atoms with Crippen molar-refractivity contribution in [1.29, 1.82) is 0 Å². The summed E-state index contributed by atoms with van der Waals surface area (Å²) in [6.45, 7) is 0.714. The highest BCUT2D eigenvalue weighted by atomic mass is 32.1. The summed E-state index contributed by atoms with van der Waals surface area (Å²) in [7, 11) is 1.97. The highest BCUT2D eigenvalue weighted by Gasteiger charge is 2.14. The lowest BCUT2D eigenvalue weighted by Gasteiger charge is -2.17. The van der Waals surface area contributed by atoms with Crippen molar-refractivity contribution in [3.8, 4) is 0 Å². The van der Waals surface area contributed by atoms with E-state index in [-0.39, 0.29) is 0 Å². The molecule has 0 fully saturated rings. The third-order valence-electron chi connectivity index (χ3n) is 3.48. The number of benzene rings is 1. The Hall–Kier alpha value is -1.98. The molecule has 0 aliphatic carbocycles. The van der Waals surface area contributed by atoms with Crippen LogP contribution in [0.25, 0.3) is 0 Å². The molecule has 21 heavy (non-hydrogen) atoms. The number of aryl methyl sites for hydroxylation is 1. The van der Waals surface area contributed by atoms with E-state index in [1.54, 1.807) is 17.7 Å². The summed E-state index contributed by atoms with van der Waals surface area (Å²) in [6, 6.07) is 15.1. The van der Waals surface area contributed by atoms with Crippen molar-refractivity contribution < 1.29 is 0 Å². The molecule has 0 unspecified atom stereocenters. The lowest BCUT2D eigenvalue weighted by atomic mass is 10.0. The second-order valence-electron chi connectivity index (χ2n) is 5.00. The minimum atomic E-state index is 0.295. The number of aromatic nitrogens is 3. The van der Waals surface area contributed by atoms with Crippen LogP contribution < -0.4 is 5.32 Å². The van der Waals surface area contributed by atoms with Gasteiger partial charge in [0, 0.05) is 18.0 Å². The number of nitrogens with zero attached hydrogens (tertiary/aromatic N) is 3. The van der Waals surface area contributed by atoms with Gasteiger partial charge < -0.3 is 9.88 Å². The zero-order chi connectivity index (χ0) is 14.5. The van der Waals surface area contributed by atoms with E-state index in [2.05, 4.69) is 63.4 Å². The fraction of sp³-hybridized carbons (Fsp3) is 0.250. The largest absolute Gasteiger partial charge is 0.320 e. The van der Waals surface area contributed by atoms with Crippen LogP contribution in [0, 0.1) is 0 Å². The predicted molar refractivity (Wildman–Crippen MR) is 85.0 cm³/mol. The summed E-state index contributed by atoms with van der Waals surface area (Å²) in [5.74, 6) is 0.949. The summed E-state index contributed by atoms with van der Waals surface area (Å²) in [6.07, 6.45) is 2.70. The second kappa shape index (κ2) is 6.65. The van der Waals surface area contributed by atoms with Gasteiger partial charge in [0.2, 0.25) is 0 Å². The number of nitrogens with one attached hydrogen (secondary N) is 1. The van der Waals surface area contributed by atoms with Gasteiger partial charge in [0.05, 0.1) is 6.54 Å². The first kappa shape index (κ1) is 14.0. The van der Waals surface area contributed by atoms with Gasteiger partial charge >= 0.3 is 0 Å². The third-order valence-corrected chi connectivity index (χ3v) is 4.47. The molecule has 1 aromatic carbocycles. The molecule has 4 nitrogen and oxygen atoms in total. The Morgan fingerprint density at radius 2 is 2.05 bits per heavy atom. The Kier molecular flexibility index (Phi) is 4.43. The molecule has 108 valence electrons. The third kappa shape index (κ3) is 3.56. The van der Waals surface area contributed by atoms with Crippen molar-refractivity contribution >= 4 is 11.3 Å². The quantitative estimate of drug-likeness (QED) is 0.761. The molecule has 1 N–H and O–H groups in total. The van der Waals surface area contributed by atoms with Crippen molar-refractivity contribution in [2.75, 3.05) is 0 Å². The van der Waals surface area contributed by atoms with Crippen LogP contribution in [0.3, 0.4) is 0 Å². The molecule has 3 aromatic rings. The normalized spacial score (nSPS) is 12.4. The summed E-state index contributed by atoms with van der Waals surface area (Å²) < 4.78 is 1.95. The van der Waals surface area contributed by atoms with Crippen LogP contribution in [0.1, 0.15) is 22.3 Å². The first-order chi connectivity index (χ1) is 10.3. The Balaban J connectivity index is 1.72. The molecule has 2 aromatic heterocycles. The van der Waals surface area contributed by atoms with Gasteiger partial charge in [-0.15, -0.1) is 21.5 Å². The predicted octanol–water partition coefficient (Wildman–Crippen LogP) is 2.95. The van der Waals surface area contributed by atoms with Crippen LogP contribution in [0.15, 0.2) is 54.2 Å². The fourth-order valence-corrected chi connectivity index (χ4v) is 3.10. The zero-order valence-electron chi connectivity index (χ0n) is 11.9. The van der Waals surface area contributed by atoms with E-state index in [9.17, 15) is 0 Å². The second-order valence-corrected chi connectivity index (χ2v) is 5.98. The standard InChI is InChI=1S/C16H18N4S/c1-20-12-18-19-16(20)11-17-14(15-8-5-9-21-15)10-13-6-3-2-4-7-13/h2-9,12,14,17H,10-11H2,1H3/t14-/m0/s1. The number of hydrogen-bond acceptors (Lipinski definition) is 4. The summed E-state index contributed by atoms with van der Waals surface area (Å²) >= 11 is 1.79. The molecule has 0 aliphatic heterocycles. The monoisotopic (exact) mass is 298 g/mol. The van der Waals surface area contributed by atoms with Gasteiger partial charge in [-0.25, -0.2) is 0 Å². The maximum Gasteiger partial charge on any atom is 0.146 e. The topological polar surface area (TPSA) is 42.7 Å². The van der Waals surface area contributed by atoms with E-state index < -0.39 is 0 Å². The Morgan fingerprint density at radius 1 is 1.19 bits per heavy atom. The Morgan fingerprint density at radius 3 is 2.71 bits per heavy atom. The fourth-order valence-electron chi connectivity index (χ4n) is 2.29. The van der Waals surface area contributed by atoms with Crippen LogP contribution in [0.4, 0.5) is 0 Å². The minimum Gasteiger partial charge on any atom is -0.320 e. The first-order valence-corrected chi connectivity index (χ1v) is 7.84. The molecule has 2 heterocycles. The molecule has 0 spiro atoms. The number of rotatable bonds is 6. The molecule has 0 aliphatic rings. The maximum atomic E-state index is 4.13. The molecule has 0 saturated carbocycles. The summed E-state index contributed by atoms with van der Waals surface area (Å²) in [5, 5.41) is 13.8. The van der Waals surface area contributed by atoms with Gasteiger partial charge in [-0.1, -0.05) is 36.4 Å². The lowest BCUT2D eigenvalue weighted by molar-refractivity contribution is 0.518. The average Bonchev–Trinajstić information content (AvgIpc) is 3.16. The molecule has 1 atom stereocenters. The maximum absolute atomic E-state index is 4.13. The van der Waals surface area contributed by atoms with Gasteiger partial charge in [-0.2, -0.15) is 0 Å². The SMILES string of the molecule is Cn1cnnc1CN[C@@H](Cc1ccccc1)c1cccs1. The van der Waals surface area contributed by atoms with Crippen molar-refractivity contribution in [3.05, 3.63) is 70.4 Å². The van der Waals surface area contributed by atoms with Gasteiger partial charge in [0.15, 0.2) is 0 Å². The Labute approximate surface area is 128 Å². The number of hydrogen-bond donors (Lipinski definition) is 1. The van der Waals surface area contributed by atoms with Gasteiger partial charge in [-0.05, 0) is 23.4 Å². The Bertz CT molecular complexity index is 661. The van der Waals surface area contributed by atoms with Crippen LogP contribution in [0.2, 0.25) is 0 Å². The first-order valence-electron chi connectivity index (χ1n) is 6.96. The molecule has 0 amide bonds. The highest BCUT2D eigenvalue weighted by Crippen LogP contribution is 2.23. The molecule has 0 saturated heterocycles. The summed E-state index contributed by atoms with van der Waals surface area (Å²) in [4.78, 5) is 1.35. The molecule has 3 rings (SSSR count). The minimum absolute atomic E-state index is 0.295.